The molecule has 0 saturated carbocycles. The first-order valence-electron chi connectivity index (χ1n) is 13.2. The number of rotatable bonds is 7. The summed E-state index contributed by atoms with van der Waals surface area (Å²) < 4.78 is 51.6. The van der Waals surface area contributed by atoms with Gasteiger partial charge in [0, 0.05) is 31.4 Å². The number of pyridine rings is 1. The smallest absolute Gasteiger partial charge is 0.433 e. The number of hydrogen-bond acceptors (Lipinski definition) is 10. The van der Waals surface area contributed by atoms with Crippen LogP contribution in [0.25, 0.3) is 17.3 Å². The summed E-state index contributed by atoms with van der Waals surface area (Å²) in [4.78, 5) is 38.3. The monoisotopic (exact) mass is 598 g/mol. The molecule has 2 aromatic heterocycles. The highest BCUT2D eigenvalue weighted by Gasteiger charge is 2.33. The number of thioether (sulfide) groups is 1. The van der Waals surface area contributed by atoms with Gasteiger partial charge >= 0.3 is 6.18 Å². The van der Waals surface area contributed by atoms with Crippen molar-refractivity contribution in [1.82, 2.24) is 25.6 Å². The van der Waals surface area contributed by atoms with Gasteiger partial charge in [-0.05, 0) is 85.1 Å². The zero-order valence-electron chi connectivity index (χ0n) is 22.1. The van der Waals surface area contributed by atoms with Gasteiger partial charge in [0.15, 0.2) is 11.5 Å². The summed E-state index contributed by atoms with van der Waals surface area (Å²) in [6, 6.07) is 9.38. The number of carbonyl (C=O) groups is 2. The Morgan fingerprint density at radius 2 is 1.88 bits per heavy atom. The van der Waals surface area contributed by atoms with Crippen LogP contribution in [0.5, 0.6) is 11.5 Å². The van der Waals surface area contributed by atoms with Gasteiger partial charge in [-0.2, -0.15) is 13.2 Å². The number of anilines is 1. The summed E-state index contributed by atoms with van der Waals surface area (Å²) in [5.74, 6) is 1.45. The minimum atomic E-state index is -4.58. The van der Waals surface area contributed by atoms with Crippen molar-refractivity contribution in [2.45, 2.75) is 25.6 Å². The number of fused-ring (bicyclic) bond motifs is 1. The number of hydrogen-bond donors (Lipinski definition) is 2. The molecule has 6 rings (SSSR count). The number of nitrogens with zero attached hydrogens (tertiary/aromatic N) is 4. The fourth-order valence-electron chi connectivity index (χ4n) is 4.95. The zero-order chi connectivity index (χ0) is 29.3. The Bertz CT molecular complexity index is 1560. The molecule has 1 aromatic carbocycles. The molecule has 0 bridgehead atoms. The van der Waals surface area contributed by atoms with Crippen LogP contribution < -0.4 is 25.0 Å². The number of amides is 2. The summed E-state index contributed by atoms with van der Waals surface area (Å²) in [6.45, 7) is 2.40. The number of aromatic nitrogens is 3. The second-order valence-corrected chi connectivity index (χ2v) is 11.0. The molecule has 0 spiro atoms. The highest BCUT2D eigenvalue weighted by molar-refractivity contribution is 8.18. The molecule has 2 N–H and O–H groups in total. The van der Waals surface area contributed by atoms with Gasteiger partial charge < -0.3 is 19.7 Å². The van der Waals surface area contributed by atoms with E-state index in [0.29, 0.717) is 59.8 Å². The van der Waals surface area contributed by atoms with E-state index in [1.54, 1.807) is 42.6 Å². The van der Waals surface area contributed by atoms with Gasteiger partial charge in [0.25, 0.3) is 11.1 Å². The van der Waals surface area contributed by atoms with Crippen molar-refractivity contribution in [3.05, 3.63) is 64.5 Å². The Kier molecular flexibility index (Phi) is 7.73. The van der Waals surface area contributed by atoms with E-state index in [1.165, 1.54) is 0 Å². The predicted octanol–water partition coefficient (Wildman–Crippen LogP) is 4.62. The summed E-state index contributed by atoms with van der Waals surface area (Å²) in [5.41, 5.74) is 0.800. The molecule has 5 heterocycles. The van der Waals surface area contributed by atoms with Gasteiger partial charge in [0.05, 0.1) is 16.3 Å². The molecular weight excluding hydrogens is 573 g/mol. The molecule has 3 aromatic rings. The molecule has 3 aliphatic heterocycles. The first-order valence-corrected chi connectivity index (χ1v) is 14.0. The summed E-state index contributed by atoms with van der Waals surface area (Å²) in [7, 11) is 0. The van der Waals surface area contributed by atoms with Crippen molar-refractivity contribution < 1.29 is 32.2 Å². The van der Waals surface area contributed by atoms with E-state index in [4.69, 9.17) is 9.47 Å². The number of halogens is 3. The molecule has 2 amide bonds. The third-order valence-electron chi connectivity index (χ3n) is 7.09. The van der Waals surface area contributed by atoms with Crippen LogP contribution >= 0.6 is 11.8 Å². The van der Waals surface area contributed by atoms with Gasteiger partial charge in [0.2, 0.25) is 12.7 Å². The summed E-state index contributed by atoms with van der Waals surface area (Å²) >= 11 is 0.834. The second kappa shape index (κ2) is 11.6. The Morgan fingerprint density at radius 1 is 1.07 bits per heavy atom. The van der Waals surface area contributed by atoms with E-state index in [9.17, 15) is 22.8 Å². The maximum absolute atomic E-state index is 13.7. The van der Waals surface area contributed by atoms with Crippen LogP contribution in [0.2, 0.25) is 0 Å². The van der Waals surface area contributed by atoms with Gasteiger partial charge in [-0.15, -0.1) is 0 Å². The normalized spacial score (nSPS) is 18.2. The highest BCUT2D eigenvalue weighted by atomic mass is 32.2. The fraction of sp³-hybridized carbons (Fsp3) is 0.321. The number of imide groups is 1. The number of piperidine rings is 1. The fourth-order valence-corrected chi connectivity index (χ4v) is 5.61. The van der Waals surface area contributed by atoms with Crippen LogP contribution in [0.15, 0.2) is 47.5 Å². The predicted molar refractivity (Wildman–Crippen MR) is 149 cm³/mol. The topological polar surface area (TPSA) is 119 Å². The Labute approximate surface area is 242 Å². The lowest BCUT2D eigenvalue weighted by Gasteiger charge is -2.32. The zero-order valence-corrected chi connectivity index (χ0v) is 22.9. The lowest BCUT2D eigenvalue weighted by atomic mass is 9.97. The molecule has 0 atom stereocenters. The van der Waals surface area contributed by atoms with Gasteiger partial charge in [-0.25, -0.2) is 15.0 Å². The van der Waals surface area contributed by atoms with Crippen LogP contribution in [-0.2, 0) is 17.5 Å². The first-order chi connectivity index (χ1) is 20.2. The number of alkyl halides is 3. The van der Waals surface area contributed by atoms with Crippen molar-refractivity contribution in [3.63, 3.8) is 0 Å². The molecule has 2 saturated heterocycles. The molecule has 42 heavy (non-hydrogen) atoms. The van der Waals surface area contributed by atoms with E-state index in [1.807, 2.05) is 0 Å². The maximum atomic E-state index is 13.7. The standard InChI is InChI=1S/C28H25F3N6O4S/c29-28(30,31)24-10-17(9-20(35-24)18-1-2-21-22(11-18)41-15-40-21)14-32-13-16-4-7-37(8-5-16)26-33-6-3-19(34-26)12-23-25(38)36-27(39)42-23/h1-3,6,9-12,16,32H,4-5,7-8,13-15H2,(H,36,38,39)/b23-12-. The number of nitrogens with one attached hydrogen (secondary N) is 2. The second-order valence-electron chi connectivity index (χ2n) is 10.0. The molecule has 2 fully saturated rings. The Morgan fingerprint density at radius 3 is 2.64 bits per heavy atom. The Balaban J connectivity index is 1.06. The lowest BCUT2D eigenvalue weighted by Crippen LogP contribution is -2.38. The van der Waals surface area contributed by atoms with Crippen molar-refractivity contribution in [2.24, 2.45) is 5.92 Å². The van der Waals surface area contributed by atoms with Crippen LogP contribution in [0.3, 0.4) is 0 Å². The van der Waals surface area contributed by atoms with Crippen LogP contribution in [0, 0.1) is 5.92 Å². The van der Waals surface area contributed by atoms with Crippen molar-refractivity contribution in [1.29, 1.82) is 0 Å². The van der Waals surface area contributed by atoms with Crippen molar-refractivity contribution in [3.8, 4) is 22.8 Å². The maximum Gasteiger partial charge on any atom is 0.433 e. The minimum Gasteiger partial charge on any atom is -0.454 e. The summed E-state index contributed by atoms with van der Waals surface area (Å²) in [6.07, 6.45) is 0.295. The summed E-state index contributed by atoms with van der Waals surface area (Å²) in [5, 5.41) is 5.13. The molecule has 3 aliphatic rings. The van der Waals surface area contributed by atoms with Crippen LogP contribution in [0.4, 0.5) is 23.9 Å². The van der Waals surface area contributed by atoms with Crippen molar-refractivity contribution in [2.75, 3.05) is 31.3 Å². The van der Waals surface area contributed by atoms with E-state index < -0.39 is 23.0 Å². The largest absolute Gasteiger partial charge is 0.454 e. The van der Waals surface area contributed by atoms with Crippen LogP contribution in [0.1, 0.15) is 29.8 Å². The average Bonchev–Trinajstić information content (AvgIpc) is 3.57. The highest BCUT2D eigenvalue weighted by Crippen LogP contribution is 2.37. The van der Waals surface area contributed by atoms with E-state index >= 15 is 0 Å². The first kappa shape index (κ1) is 28.0. The van der Waals surface area contributed by atoms with E-state index in [-0.39, 0.29) is 23.9 Å². The van der Waals surface area contributed by atoms with Gasteiger partial charge in [-0.3, -0.25) is 14.9 Å². The van der Waals surface area contributed by atoms with Crippen molar-refractivity contribution >= 4 is 34.9 Å². The average molecular weight is 599 g/mol. The quantitative estimate of drug-likeness (QED) is 0.373. The number of benzene rings is 1. The molecular formula is C28H25F3N6O4S. The number of carbonyl (C=O) groups excluding carboxylic acids is 2. The third-order valence-corrected chi connectivity index (χ3v) is 7.90. The van der Waals surface area contributed by atoms with Gasteiger partial charge in [-0.1, -0.05) is 0 Å². The third kappa shape index (κ3) is 6.34. The molecule has 218 valence electrons. The SMILES string of the molecule is O=C1NC(=O)/C(=C/c2ccnc(N3CCC(CNCc4cc(-c5ccc6c(c5)OCO6)nc(C(F)(F)F)c4)CC3)n2)S1. The van der Waals surface area contributed by atoms with Gasteiger partial charge in [0.1, 0.15) is 5.69 Å². The van der Waals surface area contributed by atoms with E-state index in [2.05, 4.69) is 30.5 Å². The lowest BCUT2D eigenvalue weighted by molar-refractivity contribution is -0.141. The molecule has 14 heteroatoms. The Hall–Kier alpha value is -4.17. The van der Waals surface area contributed by atoms with E-state index in [0.717, 1.165) is 30.7 Å². The minimum absolute atomic E-state index is 0.0724. The molecule has 0 radical (unpaired) electrons. The molecule has 0 unspecified atom stereocenters. The molecule has 10 nitrogen and oxygen atoms in total. The number of ether oxygens (including phenoxy) is 2. The molecule has 0 aliphatic carbocycles. The van der Waals surface area contributed by atoms with Crippen LogP contribution in [-0.4, -0.2) is 52.5 Å².